The highest BCUT2D eigenvalue weighted by Gasteiger charge is 2.57. The van der Waals surface area contributed by atoms with E-state index in [1.54, 1.807) is 16.6 Å². The number of fused-ring (bicyclic) bond motifs is 4. The Balaban J connectivity index is 1.84. The van der Waals surface area contributed by atoms with Crippen molar-refractivity contribution < 1.29 is 4.57 Å². The molecule has 0 radical (unpaired) electrons. The predicted molar refractivity (Wildman–Crippen MR) is 153 cm³/mol. The molecule has 35 heavy (non-hydrogen) atoms. The normalized spacial score (nSPS) is 20.9. The first-order chi connectivity index (χ1) is 16.2. The molecule has 0 fully saturated rings. The van der Waals surface area contributed by atoms with Crippen LogP contribution >= 0.6 is 11.8 Å². The van der Waals surface area contributed by atoms with Gasteiger partial charge < -0.3 is 0 Å². The summed E-state index contributed by atoms with van der Waals surface area (Å²) in [5.74, 6) is 0.478. The van der Waals surface area contributed by atoms with Gasteiger partial charge in [0.05, 0.1) is 0 Å². The van der Waals surface area contributed by atoms with Gasteiger partial charge in [-0.3, -0.25) is 0 Å². The molecule has 0 bridgehead atoms. The van der Waals surface area contributed by atoms with Crippen LogP contribution in [0.5, 0.6) is 0 Å². The molecule has 3 heteroatoms. The highest BCUT2D eigenvalue weighted by atomic mass is 32.2. The number of hydrogen-bond donors (Lipinski definition) is 0. The van der Waals surface area contributed by atoms with Crippen LogP contribution in [0.3, 0.4) is 0 Å². The number of rotatable bonds is 1. The Morgan fingerprint density at radius 2 is 1.57 bits per heavy atom. The average Bonchev–Trinajstić information content (AvgIpc) is 3.14. The second-order valence-electron chi connectivity index (χ2n) is 13.5. The van der Waals surface area contributed by atoms with Crippen LogP contribution in [0, 0.1) is 6.92 Å². The van der Waals surface area contributed by atoms with E-state index in [1.165, 1.54) is 27.2 Å². The number of pyridine rings is 1. The summed E-state index contributed by atoms with van der Waals surface area (Å²) >= 11 is 2.12. The quantitative estimate of drug-likeness (QED) is 0.299. The zero-order valence-corrected chi connectivity index (χ0v) is 24.1. The molecular weight excluding hydrogens is 441 g/mol. The van der Waals surface area contributed by atoms with E-state index in [4.69, 9.17) is 0 Å². The van der Waals surface area contributed by atoms with Gasteiger partial charge in [0, 0.05) is 21.5 Å². The summed E-state index contributed by atoms with van der Waals surface area (Å²) in [5, 5.41) is 0.482. The Morgan fingerprint density at radius 3 is 2.20 bits per heavy atom. The summed E-state index contributed by atoms with van der Waals surface area (Å²) in [4.78, 5) is 1.47. The van der Waals surface area contributed by atoms with E-state index in [-0.39, 0.29) is 16.2 Å². The van der Waals surface area contributed by atoms with Crippen LogP contribution in [-0.4, -0.2) is 11.9 Å². The summed E-state index contributed by atoms with van der Waals surface area (Å²) in [7, 11) is 2.26. The maximum Gasteiger partial charge on any atom is 0.308 e. The van der Waals surface area contributed by atoms with E-state index in [1.807, 2.05) is 0 Å². The molecule has 182 valence electrons. The van der Waals surface area contributed by atoms with Crippen LogP contribution in [0.25, 0.3) is 0 Å². The number of nitrogens with zero attached hydrogens (tertiary/aromatic N) is 1. The zero-order chi connectivity index (χ0) is 25.5. The Kier molecular flexibility index (Phi) is 5.64. The van der Waals surface area contributed by atoms with Crippen LogP contribution in [-0.2, 0) is 23.3 Å². The van der Waals surface area contributed by atoms with Crippen molar-refractivity contribution in [3.05, 3.63) is 82.5 Å². The minimum absolute atomic E-state index is 0.0503. The molecule has 0 aliphatic carbocycles. The molecule has 2 aliphatic heterocycles. The number of aryl methyl sites for hydroxylation is 2. The van der Waals surface area contributed by atoms with E-state index in [2.05, 4.69) is 140 Å². The van der Waals surface area contributed by atoms with Crippen LogP contribution in [0.1, 0.15) is 89.1 Å². The van der Waals surface area contributed by atoms with Crippen molar-refractivity contribution in [1.82, 2.24) is 0 Å². The molecule has 5 rings (SSSR count). The topological polar surface area (TPSA) is 3.88 Å². The first-order valence-corrected chi connectivity index (χ1v) is 14.0. The number of benzene rings is 2. The van der Waals surface area contributed by atoms with Gasteiger partial charge in [-0.2, -0.15) is 0 Å². The molecule has 2 atom stereocenters. The summed E-state index contributed by atoms with van der Waals surface area (Å²) in [5.41, 5.74) is 10.7. The maximum absolute atomic E-state index is 2.51. The molecule has 2 aromatic carbocycles. The standard InChI is InChI=1S/C32H41BNS/c1-20-15-17-23(31(5,6)7)27-28(20)33(25-18-16-21(19-34(25)10)30(2,3)4)29-26(32(27,8)9)22-13-11-12-14-24(22)35-29/h11-19,26,29H,1-10H3/q+1. The highest BCUT2D eigenvalue weighted by Crippen LogP contribution is 2.57. The van der Waals surface area contributed by atoms with E-state index in [9.17, 15) is 0 Å². The van der Waals surface area contributed by atoms with Crippen molar-refractivity contribution in [2.75, 3.05) is 0 Å². The average molecular weight is 483 g/mol. The number of aromatic nitrogens is 1. The minimum atomic E-state index is 0.0503. The fraction of sp³-hybridized carbons (Fsp3) is 0.469. The second kappa shape index (κ2) is 8.00. The Labute approximate surface area is 217 Å². The van der Waals surface area contributed by atoms with E-state index >= 15 is 0 Å². The SMILES string of the molecule is Cc1ccc(C(C)(C)C)c2c1B(c1ccc(C(C)(C)C)c[n+]1C)C1Sc3ccccc3C1C2(C)C. The Hall–Kier alpha value is -2.00. The van der Waals surface area contributed by atoms with E-state index < -0.39 is 0 Å². The lowest BCUT2D eigenvalue weighted by Crippen LogP contribution is -2.69. The first kappa shape index (κ1) is 24.7. The second-order valence-corrected chi connectivity index (χ2v) is 14.7. The molecule has 0 amide bonds. The van der Waals surface area contributed by atoms with Crippen LogP contribution < -0.4 is 15.6 Å². The predicted octanol–water partition coefficient (Wildman–Crippen LogP) is 6.11. The van der Waals surface area contributed by atoms with Gasteiger partial charge in [0.1, 0.15) is 12.6 Å². The maximum atomic E-state index is 2.51. The first-order valence-electron chi connectivity index (χ1n) is 13.1. The molecule has 1 aromatic heterocycles. The lowest BCUT2D eigenvalue weighted by Gasteiger charge is -2.47. The Bertz CT molecular complexity index is 1310. The van der Waals surface area contributed by atoms with Crippen LogP contribution in [0.2, 0.25) is 0 Å². The van der Waals surface area contributed by atoms with Crippen molar-refractivity contribution in [3.63, 3.8) is 0 Å². The third-order valence-electron chi connectivity index (χ3n) is 8.54. The minimum Gasteiger partial charge on any atom is -0.214 e. The molecule has 0 saturated heterocycles. The molecule has 2 aliphatic rings. The van der Waals surface area contributed by atoms with Gasteiger partial charge in [0.15, 0.2) is 6.20 Å². The lowest BCUT2D eigenvalue weighted by atomic mass is 9.30. The molecule has 0 saturated carbocycles. The fourth-order valence-corrected chi connectivity index (χ4v) is 8.58. The fourth-order valence-electron chi connectivity index (χ4n) is 6.76. The third-order valence-corrected chi connectivity index (χ3v) is 9.98. The van der Waals surface area contributed by atoms with E-state index in [0.717, 1.165) is 0 Å². The summed E-state index contributed by atoms with van der Waals surface area (Å²) in [6.45, 7) is 21.8. The number of thioether (sulfide) groups is 1. The van der Waals surface area contributed by atoms with Gasteiger partial charge in [-0.15, -0.1) is 11.8 Å². The van der Waals surface area contributed by atoms with Gasteiger partial charge in [-0.25, -0.2) is 4.57 Å². The zero-order valence-electron chi connectivity index (χ0n) is 23.3. The molecule has 3 aromatic rings. The Morgan fingerprint density at radius 1 is 0.886 bits per heavy atom. The largest absolute Gasteiger partial charge is 0.308 e. The van der Waals surface area contributed by atoms with Gasteiger partial charge in [0.25, 0.3) is 0 Å². The molecule has 2 unspecified atom stereocenters. The smallest absolute Gasteiger partial charge is 0.214 e. The van der Waals surface area contributed by atoms with Gasteiger partial charge in [0.2, 0.25) is 0 Å². The summed E-state index contributed by atoms with van der Waals surface area (Å²) in [6, 6.07) is 18.8. The van der Waals surface area contributed by atoms with Crippen molar-refractivity contribution in [2.45, 2.75) is 94.5 Å². The van der Waals surface area contributed by atoms with Crippen molar-refractivity contribution in [3.8, 4) is 0 Å². The van der Waals surface area contributed by atoms with E-state index in [0.29, 0.717) is 17.8 Å². The summed E-state index contributed by atoms with van der Waals surface area (Å²) < 4.78 is 2.43. The van der Waals surface area contributed by atoms with Crippen LogP contribution in [0.4, 0.5) is 0 Å². The third kappa shape index (κ3) is 3.81. The molecule has 0 spiro atoms. The molecule has 0 N–H and O–H groups in total. The molecule has 3 heterocycles. The van der Waals surface area contributed by atoms with Crippen LogP contribution in [0.15, 0.2) is 59.6 Å². The van der Waals surface area contributed by atoms with Gasteiger partial charge >= 0.3 is 6.71 Å². The van der Waals surface area contributed by atoms with Crippen molar-refractivity contribution in [2.24, 2.45) is 7.05 Å². The molecule has 1 nitrogen and oxygen atoms in total. The van der Waals surface area contributed by atoms with Crippen molar-refractivity contribution in [1.29, 1.82) is 0 Å². The number of hydrogen-bond acceptors (Lipinski definition) is 1. The lowest BCUT2D eigenvalue weighted by molar-refractivity contribution is -0.654. The molecular formula is C32H41BNS+. The van der Waals surface area contributed by atoms with Crippen molar-refractivity contribution >= 4 is 29.5 Å². The monoisotopic (exact) mass is 482 g/mol. The highest BCUT2D eigenvalue weighted by molar-refractivity contribution is 8.02. The van der Waals surface area contributed by atoms with Gasteiger partial charge in [-0.1, -0.05) is 96.7 Å². The summed E-state index contributed by atoms with van der Waals surface area (Å²) in [6.07, 6.45) is 2.37. The van der Waals surface area contributed by atoms with Gasteiger partial charge in [-0.05, 0) is 58.1 Å².